The number of anilines is 2. The van der Waals surface area contributed by atoms with E-state index in [4.69, 9.17) is 11.0 Å². The molecule has 3 aliphatic rings. The highest BCUT2D eigenvalue weighted by Gasteiger charge is 2.33. The number of nitrogens with one attached hydrogen (secondary N) is 1. The zero-order valence-electron chi connectivity index (χ0n) is 10.4. The van der Waals surface area contributed by atoms with Gasteiger partial charge in [-0.15, -0.1) is 0 Å². The first-order valence-electron chi connectivity index (χ1n) is 6.55. The molecule has 1 atom stereocenters. The number of nitriles is 1. The van der Waals surface area contributed by atoms with Crippen molar-refractivity contribution in [2.45, 2.75) is 18.9 Å². The number of hydrogen-bond donors (Lipinski definition) is 2. The van der Waals surface area contributed by atoms with Crippen molar-refractivity contribution in [2.75, 3.05) is 30.7 Å². The molecule has 0 radical (unpaired) electrons. The highest BCUT2D eigenvalue weighted by Crippen LogP contribution is 2.30. The quantitative estimate of drug-likeness (QED) is 0.774. The predicted octanol–water partition coefficient (Wildman–Crippen LogP) is 1.65. The number of rotatable bonds is 2. The molecule has 1 aromatic rings. The van der Waals surface area contributed by atoms with Crippen LogP contribution < -0.4 is 11.1 Å². The molecule has 0 aliphatic carbocycles. The third-order valence-electron chi connectivity index (χ3n) is 4.18. The lowest BCUT2D eigenvalue weighted by atomic mass is 9.84. The Labute approximate surface area is 107 Å². The minimum absolute atomic E-state index is 0.516. The molecule has 1 unspecified atom stereocenters. The van der Waals surface area contributed by atoms with E-state index in [1.165, 1.54) is 25.9 Å². The maximum absolute atomic E-state index is 8.99. The molecular weight excluding hydrogens is 224 g/mol. The van der Waals surface area contributed by atoms with Crippen LogP contribution in [0.1, 0.15) is 18.4 Å². The molecule has 3 aliphatic heterocycles. The Hall–Kier alpha value is -1.73. The molecule has 2 bridgehead atoms. The third-order valence-corrected chi connectivity index (χ3v) is 4.18. The maximum atomic E-state index is 8.99. The van der Waals surface area contributed by atoms with E-state index in [1.807, 2.05) is 18.2 Å². The first-order valence-corrected chi connectivity index (χ1v) is 6.55. The van der Waals surface area contributed by atoms with Crippen LogP contribution in [0, 0.1) is 17.2 Å². The van der Waals surface area contributed by atoms with Gasteiger partial charge in [0, 0.05) is 24.0 Å². The summed E-state index contributed by atoms with van der Waals surface area (Å²) in [4.78, 5) is 2.51. The van der Waals surface area contributed by atoms with Crippen molar-refractivity contribution < 1.29 is 0 Å². The van der Waals surface area contributed by atoms with Crippen LogP contribution in [0.5, 0.6) is 0 Å². The van der Waals surface area contributed by atoms with Crippen LogP contribution in [0.2, 0.25) is 0 Å². The van der Waals surface area contributed by atoms with E-state index in [2.05, 4.69) is 16.3 Å². The molecule has 3 heterocycles. The van der Waals surface area contributed by atoms with Gasteiger partial charge in [0.25, 0.3) is 0 Å². The van der Waals surface area contributed by atoms with Gasteiger partial charge in [-0.3, -0.25) is 0 Å². The minimum Gasteiger partial charge on any atom is -0.398 e. The fourth-order valence-corrected chi connectivity index (χ4v) is 3.09. The van der Waals surface area contributed by atoms with Crippen LogP contribution in [0.25, 0.3) is 0 Å². The molecule has 94 valence electrons. The topological polar surface area (TPSA) is 65.1 Å². The Morgan fingerprint density at radius 3 is 2.72 bits per heavy atom. The van der Waals surface area contributed by atoms with Gasteiger partial charge >= 0.3 is 0 Å². The third kappa shape index (κ3) is 2.02. The van der Waals surface area contributed by atoms with Gasteiger partial charge in [-0.05, 0) is 50.0 Å². The summed E-state index contributed by atoms with van der Waals surface area (Å²) in [6, 6.07) is 8.28. The van der Waals surface area contributed by atoms with E-state index in [0.717, 1.165) is 18.2 Å². The number of piperidine rings is 3. The van der Waals surface area contributed by atoms with Crippen molar-refractivity contribution in [2.24, 2.45) is 5.92 Å². The van der Waals surface area contributed by atoms with E-state index < -0.39 is 0 Å². The summed E-state index contributed by atoms with van der Waals surface area (Å²) in [7, 11) is 0. The average molecular weight is 242 g/mol. The zero-order chi connectivity index (χ0) is 12.5. The van der Waals surface area contributed by atoms with Crippen LogP contribution in [0.15, 0.2) is 18.2 Å². The van der Waals surface area contributed by atoms with Gasteiger partial charge in [0.2, 0.25) is 0 Å². The monoisotopic (exact) mass is 242 g/mol. The minimum atomic E-state index is 0.516. The summed E-state index contributed by atoms with van der Waals surface area (Å²) in [6.07, 6.45) is 2.58. The standard InChI is InChI=1S/C14H18N4/c15-8-11-7-12(1-2-13(11)16)17-14-9-18-5-3-10(14)4-6-18/h1-2,7,10,14,17H,3-6,9,16H2. The van der Waals surface area contributed by atoms with Crippen LogP contribution in [-0.2, 0) is 0 Å². The van der Waals surface area contributed by atoms with Crippen molar-refractivity contribution in [3.8, 4) is 6.07 Å². The molecule has 4 nitrogen and oxygen atoms in total. The van der Waals surface area contributed by atoms with E-state index in [9.17, 15) is 0 Å². The second-order valence-electron chi connectivity index (χ2n) is 5.30. The lowest BCUT2D eigenvalue weighted by Crippen LogP contribution is -2.53. The highest BCUT2D eigenvalue weighted by atomic mass is 15.2. The van der Waals surface area contributed by atoms with E-state index >= 15 is 0 Å². The number of nitrogens with two attached hydrogens (primary N) is 1. The fourth-order valence-electron chi connectivity index (χ4n) is 3.09. The van der Waals surface area contributed by atoms with Gasteiger partial charge in [0.1, 0.15) is 6.07 Å². The lowest BCUT2D eigenvalue weighted by Gasteiger charge is -2.45. The van der Waals surface area contributed by atoms with Crippen molar-refractivity contribution in [1.29, 1.82) is 5.26 Å². The average Bonchev–Trinajstić information content (AvgIpc) is 2.42. The van der Waals surface area contributed by atoms with Crippen LogP contribution >= 0.6 is 0 Å². The van der Waals surface area contributed by atoms with E-state index in [1.54, 1.807) is 0 Å². The van der Waals surface area contributed by atoms with Gasteiger partial charge in [-0.25, -0.2) is 0 Å². The van der Waals surface area contributed by atoms with E-state index in [0.29, 0.717) is 17.3 Å². The summed E-state index contributed by atoms with van der Waals surface area (Å²) >= 11 is 0. The smallest absolute Gasteiger partial charge is 0.101 e. The highest BCUT2D eigenvalue weighted by molar-refractivity contribution is 5.62. The number of fused-ring (bicyclic) bond motifs is 3. The summed E-state index contributed by atoms with van der Waals surface area (Å²) in [5, 5.41) is 12.6. The first-order chi connectivity index (χ1) is 8.76. The molecule has 18 heavy (non-hydrogen) atoms. The lowest BCUT2D eigenvalue weighted by molar-refractivity contribution is 0.0975. The molecule has 3 fully saturated rings. The van der Waals surface area contributed by atoms with Crippen LogP contribution in [-0.4, -0.2) is 30.6 Å². The van der Waals surface area contributed by atoms with Gasteiger partial charge in [-0.2, -0.15) is 5.26 Å². The van der Waals surface area contributed by atoms with Crippen molar-refractivity contribution in [3.63, 3.8) is 0 Å². The molecule has 4 heteroatoms. The molecular formula is C14H18N4. The SMILES string of the molecule is N#Cc1cc(NC2CN3CCC2CC3)ccc1N. The molecule has 4 rings (SSSR count). The van der Waals surface area contributed by atoms with Crippen molar-refractivity contribution >= 4 is 11.4 Å². The molecule has 3 N–H and O–H groups in total. The Bertz CT molecular complexity index is 483. The molecule has 0 spiro atoms. The zero-order valence-corrected chi connectivity index (χ0v) is 10.4. The van der Waals surface area contributed by atoms with Gasteiger partial charge < -0.3 is 16.0 Å². The summed E-state index contributed by atoms with van der Waals surface area (Å²) in [6.45, 7) is 3.61. The molecule has 0 saturated carbocycles. The summed E-state index contributed by atoms with van der Waals surface area (Å²) < 4.78 is 0. The molecule has 1 aromatic carbocycles. The first kappa shape index (κ1) is 11.4. The van der Waals surface area contributed by atoms with Gasteiger partial charge in [-0.1, -0.05) is 0 Å². The van der Waals surface area contributed by atoms with Crippen LogP contribution in [0.4, 0.5) is 11.4 Å². The Kier molecular flexibility index (Phi) is 2.85. The summed E-state index contributed by atoms with van der Waals surface area (Å²) in [5.74, 6) is 0.776. The van der Waals surface area contributed by atoms with E-state index in [-0.39, 0.29) is 0 Å². The van der Waals surface area contributed by atoms with Crippen LogP contribution in [0.3, 0.4) is 0 Å². The second-order valence-corrected chi connectivity index (χ2v) is 5.30. The Balaban J connectivity index is 1.75. The van der Waals surface area contributed by atoms with Crippen molar-refractivity contribution in [3.05, 3.63) is 23.8 Å². The Morgan fingerprint density at radius 1 is 1.33 bits per heavy atom. The van der Waals surface area contributed by atoms with Gasteiger partial charge in [0.05, 0.1) is 5.56 Å². The second kappa shape index (κ2) is 4.51. The number of benzene rings is 1. The maximum Gasteiger partial charge on any atom is 0.101 e. The summed E-state index contributed by atoms with van der Waals surface area (Å²) in [5.41, 5.74) is 7.86. The number of hydrogen-bond acceptors (Lipinski definition) is 4. The van der Waals surface area contributed by atoms with Crippen molar-refractivity contribution in [1.82, 2.24) is 4.90 Å². The molecule has 0 amide bonds. The number of nitrogens with zero attached hydrogens (tertiary/aromatic N) is 2. The fraction of sp³-hybridized carbons (Fsp3) is 0.500. The normalized spacial score (nSPS) is 29.8. The Morgan fingerprint density at radius 2 is 2.11 bits per heavy atom. The molecule has 3 saturated heterocycles. The van der Waals surface area contributed by atoms with Gasteiger partial charge in [0.15, 0.2) is 0 Å². The molecule has 0 aromatic heterocycles. The number of nitrogen functional groups attached to an aromatic ring is 1. The largest absolute Gasteiger partial charge is 0.398 e. The predicted molar refractivity (Wildman–Crippen MR) is 72.1 cm³/mol.